The van der Waals surface area contributed by atoms with Crippen molar-refractivity contribution >= 4 is 5.97 Å². The lowest BCUT2D eigenvalue weighted by Crippen LogP contribution is -2.49. The Morgan fingerprint density at radius 1 is 0.909 bits per heavy atom. The Labute approximate surface area is 131 Å². The highest BCUT2D eigenvalue weighted by Gasteiger charge is 2.40. The molecule has 1 N–H and O–H groups in total. The molecule has 1 saturated carbocycles. The van der Waals surface area contributed by atoms with Gasteiger partial charge in [-0.1, -0.05) is 60.7 Å². The molecule has 0 saturated heterocycles. The van der Waals surface area contributed by atoms with E-state index in [9.17, 15) is 9.90 Å². The fourth-order valence-corrected chi connectivity index (χ4v) is 3.13. The summed E-state index contributed by atoms with van der Waals surface area (Å²) in [6, 6.07) is 20.7. The summed E-state index contributed by atoms with van der Waals surface area (Å²) >= 11 is 0. The van der Waals surface area contributed by atoms with Crippen LogP contribution in [-0.2, 0) is 17.9 Å². The highest BCUT2D eigenvalue weighted by molar-refractivity contribution is 5.72. The van der Waals surface area contributed by atoms with Crippen LogP contribution in [-0.4, -0.2) is 22.0 Å². The van der Waals surface area contributed by atoms with Crippen LogP contribution in [0.25, 0.3) is 0 Å². The van der Waals surface area contributed by atoms with Gasteiger partial charge in [-0.3, -0.25) is 9.69 Å². The van der Waals surface area contributed by atoms with Crippen LogP contribution in [0.5, 0.6) is 0 Å². The van der Waals surface area contributed by atoms with Crippen LogP contribution in [0.15, 0.2) is 60.7 Å². The summed E-state index contributed by atoms with van der Waals surface area (Å²) in [6.45, 7) is 1.59. The summed E-state index contributed by atoms with van der Waals surface area (Å²) in [4.78, 5) is 13.7. The van der Waals surface area contributed by atoms with Crippen LogP contribution >= 0.6 is 0 Å². The molecule has 0 bridgehead atoms. The number of aliphatic carboxylic acids is 1. The van der Waals surface area contributed by atoms with Gasteiger partial charge in [-0.2, -0.15) is 0 Å². The summed E-state index contributed by atoms with van der Waals surface area (Å²) in [7, 11) is 0. The molecule has 0 aliphatic heterocycles. The maximum atomic E-state index is 11.4. The first-order chi connectivity index (χ1) is 10.7. The van der Waals surface area contributed by atoms with Gasteiger partial charge in [-0.15, -0.1) is 0 Å². The zero-order valence-corrected chi connectivity index (χ0v) is 12.6. The molecule has 2 unspecified atom stereocenters. The predicted octanol–water partition coefficient (Wildman–Crippen LogP) is 3.55. The summed E-state index contributed by atoms with van der Waals surface area (Å²) in [6.07, 6.45) is 1.76. The topological polar surface area (TPSA) is 40.5 Å². The van der Waals surface area contributed by atoms with E-state index in [1.807, 2.05) is 36.4 Å². The highest BCUT2D eigenvalue weighted by atomic mass is 16.4. The monoisotopic (exact) mass is 295 g/mol. The minimum atomic E-state index is -0.664. The van der Waals surface area contributed by atoms with E-state index < -0.39 is 5.97 Å². The van der Waals surface area contributed by atoms with Gasteiger partial charge in [0, 0.05) is 19.1 Å². The molecule has 1 fully saturated rings. The molecule has 3 rings (SSSR count). The van der Waals surface area contributed by atoms with Crippen LogP contribution in [0.1, 0.15) is 24.0 Å². The molecule has 1 aliphatic rings. The molecule has 0 radical (unpaired) electrons. The first-order valence-corrected chi connectivity index (χ1v) is 7.79. The van der Waals surface area contributed by atoms with E-state index in [-0.39, 0.29) is 12.0 Å². The van der Waals surface area contributed by atoms with Crippen molar-refractivity contribution in [1.29, 1.82) is 0 Å². The summed E-state index contributed by atoms with van der Waals surface area (Å²) < 4.78 is 0. The number of benzene rings is 2. The number of hydrogen-bond acceptors (Lipinski definition) is 2. The molecule has 3 heteroatoms. The minimum Gasteiger partial charge on any atom is -0.481 e. The van der Waals surface area contributed by atoms with Crippen LogP contribution in [0, 0.1) is 5.92 Å². The Morgan fingerprint density at radius 3 is 1.77 bits per heavy atom. The smallest absolute Gasteiger partial charge is 0.308 e. The molecule has 1 aliphatic carbocycles. The van der Waals surface area contributed by atoms with Gasteiger partial charge >= 0.3 is 5.97 Å². The molecular formula is C19H21NO2. The van der Waals surface area contributed by atoms with Gasteiger partial charge in [-0.25, -0.2) is 0 Å². The van der Waals surface area contributed by atoms with E-state index in [0.29, 0.717) is 0 Å². The predicted molar refractivity (Wildman–Crippen MR) is 86.3 cm³/mol. The average Bonchev–Trinajstić information content (AvgIpc) is 2.47. The lowest BCUT2D eigenvalue weighted by Gasteiger charge is -2.42. The van der Waals surface area contributed by atoms with E-state index in [1.54, 1.807) is 0 Å². The fourth-order valence-electron chi connectivity index (χ4n) is 3.13. The van der Waals surface area contributed by atoms with Gasteiger partial charge in [0.2, 0.25) is 0 Å². The molecule has 0 aromatic heterocycles. The van der Waals surface area contributed by atoms with E-state index in [1.165, 1.54) is 11.1 Å². The lowest BCUT2D eigenvalue weighted by molar-refractivity contribution is -0.149. The van der Waals surface area contributed by atoms with E-state index in [2.05, 4.69) is 29.2 Å². The van der Waals surface area contributed by atoms with Crippen LogP contribution in [0.4, 0.5) is 0 Å². The maximum Gasteiger partial charge on any atom is 0.308 e. The van der Waals surface area contributed by atoms with Gasteiger partial charge in [0.1, 0.15) is 0 Å². The van der Waals surface area contributed by atoms with Crippen molar-refractivity contribution in [2.24, 2.45) is 5.92 Å². The van der Waals surface area contributed by atoms with Gasteiger partial charge in [0.25, 0.3) is 0 Å². The van der Waals surface area contributed by atoms with Crippen molar-refractivity contribution in [3.05, 3.63) is 71.8 Å². The number of nitrogens with zero attached hydrogens (tertiary/aromatic N) is 1. The number of carboxylic acid groups (broad SMARTS) is 1. The third-order valence-corrected chi connectivity index (χ3v) is 4.48. The molecule has 0 amide bonds. The first kappa shape index (κ1) is 14.8. The zero-order valence-electron chi connectivity index (χ0n) is 12.6. The van der Waals surface area contributed by atoms with Crippen molar-refractivity contribution in [3.8, 4) is 0 Å². The summed E-state index contributed by atoms with van der Waals surface area (Å²) in [5.74, 6) is -0.894. The molecule has 2 atom stereocenters. The van der Waals surface area contributed by atoms with Crippen molar-refractivity contribution in [1.82, 2.24) is 4.90 Å². The second-order valence-corrected chi connectivity index (χ2v) is 5.97. The molecule has 114 valence electrons. The molecule has 0 spiro atoms. The molecular weight excluding hydrogens is 274 g/mol. The van der Waals surface area contributed by atoms with Crippen molar-refractivity contribution in [2.45, 2.75) is 32.0 Å². The first-order valence-electron chi connectivity index (χ1n) is 7.79. The molecule has 2 aromatic rings. The van der Waals surface area contributed by atoms with Crippen LogP contribution in [0.3, 0.4) is 0 Å². The number of carbonyl (C=O) groups is 1. The molecule has 0 heterocycles. The Balaban J connectivity index is 1.77. The van der Waals surface area contributed by atoms with Gasteiger partial charge in [0.05, 0.1) is 5.92 Å². The Kier molecular flexibility index (Phi) is 4.54. The fraction of sp³-hybridized carbons (Fsp3) is 0.316. The summed E-state index contributed by atoms with van der Waals surface area (Å²) in [5.41, 5.74) is 2.46. The van der Waals surface area contributed by atoms with Crippen LogP contribution in [0.2, 0.25) is 0 Å². The normalized spacial score (nSPS) is 20.6. The molecule has 2 aromatic carbocycles. The summed E-state index contributed by atoms with van der Waals surface area (Å²) in [5, 5.41) is 9.36. The zero-order chi connectivity index (χ0) is 15.4. The van der Waals surface area contributed by atoms with Gasteiger partial charge < -0.3 is 5.11 Å². The van der Waals surface area contributed by atoms with Crippen LogP contribution < -0.4 is 0 Å². The van der Waals surface area contributed by atoms with E-state index in [4.69, 9.17) is 0 Å². The third-order valence-electron chi connectivity index (χ3n) is 4.48. The SMILES string of the molecule is O=C(O)C1CCC1N(Cc1ccccc1)Cc1ccccc1. The minimum absolute atomic E-state index is 0.137. The second kappa shape index (κ2) is 6.75. The quantitative estimate of drug-likeness (QED) is 0.886. The molecule has 3 nitrogen and oxygen atoms in total. The van der Waals surface area contributed by atoms with Gasteiger partial charge in [-0.05, 0) is 24.0 Å². The standard InChI is InChI=1S/C19H21NO2/c21-19(22)17-11-12-18(17)20(13-15-7-3-1-4-8-15)14-16-9-5-2-6-10-16/h1-10,17-18H,11-14H2,(H,21,22). The highest BCUT2D eigenvalue weighted by Crippen LogP contribution is 2.34. The number of carboxylic acids is 1. The Hall–Kier alpha value is -2.13. The van der Waals surface area contributed by atoms with E-state index >= 15 is 0 Å². The average molecular weight is 295 g/mol. The Morgan fingerprint density at radius 2 is 1.41 bits per heavy atom. The third kappa shape index (κ3) is 3.37. The Bertz CT molecular complexity index is 570. The number of rotatable bonds is 6. The van der Waals surface area contributed by atoms with Crippen molar-refractivity contribution < 1.29 is 9.90 Å². The largest absolute Gasteiger partial charge is 0.481 e. The maximum absolute atomic E-state index is 11.4. The second-order valence-electron chi connectivity index (χ2n) is 5.97. The van der Waals surface area contributed by atoms with Gasteiger partial charge in [0.15, 0.2) is 0 Å². The van der Waals surface area contributed by atoms with Crippen molar-refractivity contribution in [2.75, 3.05) is 0 Å². The molecule has 22 heavy (non-hydrogen) atoms. The van der Waals surface area contributed by atoms with E-state index in [0.717, 1.165) is 25.9 Å². The number of hydrogen-bond donors (Lipinski definition) is 1. The van der Waals surface area contributed by atoms with Crippen molar-refractivity contribution in [3.63, 3.8) is 0 Å². The lowest BCUT2D eigenvalue weighted by atomic mass is 9.78.